The molecule has 2 aromatic carbocycles. The number of amides is 1. The van der Waals surface area contributed by atoms with E-state index in [1.165, 1.54) is 43.5 Å². The average molecular weight is 458 g/mol. The van der Waals surface area contributed by atoms with Crippen LogP contribution >= 0.6 is 0 Å². The third kappa shape index (κ3) is 4.15. The van der Waals surface area contributed by atoms with Gasteiger partial charge in [0.1, 0.15) is 5.82 Å². The molecule has 3 aromatic rings. The van der Waals surface area contributed by atoms with Gasteiger partial charge in [-0.2, -0.15) is 0 Å². The minimum Gasteiger partial charge on any atom is -0.372 e. The number of benzene rings is 2. The van der Waals surface area contributed by atoms with Crippen molar-refractivity contribution in [3.05, 3.63) is 70.8 Å². The molecule has 1 aromatic heterocycles. The van der Waals surface area contributed by atoms with E-state index in [9.17, 15) is 9.18 Å². The number of hydrogen-bond acceptors (Lipinski definition) is 2. The van der Waals surface area contributed by atoms with Crippen molar-refractivity contribution in [3.8, 4) is 11.1 Å². The summed E-state index contributed by atoms with van der Waals surface area (Å²) >= 11 is 0. The van der Waals surface area contributed by atoms with Gasteiger partial charge in [-0.05, 0) is 80.1 Å². The summed E-state index contributed by atoms with van der Waals surface area (Å²) in [5, 5.41) is 2.82. The number of piperidine rings is 1. The van der Waals surface area contributed by atoms with E-state index in [-0.39, 0.29) is 11.7 Å². The van der Waals surface area contributed by atoms with Gasteiger partial charge in [-0.25, -0.2) is 4.39 Å². The molecule has 176 valence electrons. The molecule has 4 nitrogen and oxygen atoms in total. The lowest BCUT2D eigenvalue weighted by molar-refractivity contribution is -0.110. The fourth-order valence-electron chi connectivity index (χ4n) is 5.53. The Balaban J connectivity index is 1.40. The van der Waals surface area contributed by atoms with Crippen LogP contribution in [-0.4, -0.2) is 24.0 Å². The van der Waals surface area contributed by atoms with Gasteiger partial charge in [0.2, 0.25) is 0 Å². The second kappa shape index (κ2) is 9.13. The second-order valence-electron chi connectivity index (χ2n) is 9.63. The molecule has 0 bridgehead atoms. The molecule has 0 saturated carbocycles. The molecule has 34 heavy (non-hydrogen) atoms. The number of aromatic amines is 1. The van der Waals surface area contributed by atoms with Gasteiger partial charge in [-0.3, -0.25) is 4.79 Å². The highest BCUT2D eigenvalue weighted by Crippen LogP contribution is 2.37. The molecule has 0 unspecified atom stereocenters. The lowest BCUT2D eigenvalue weighted by Gasteiger charge is -2.33. The smallest absolute Gasteiger partial charge is 0.256 e. The maximum Gasteiger partial charge on any atom is 0.256 e. The Morgan fingerprint density at radius 2 is 1.82 bits per heavy atom. The van der Waals surface area contributed by atoms with E-state index in [0.29, 0.717) is 16.8 Å². The zero-order chi connectivity index (χ0) is 23.8. The maximum atomic E-state index is 13.8. The fourth-order valence-corrected chi connectivity index (χ4v) is 5.53. The number of aryl methyl sites for hydroxylation is 1. The number of H-pyrrole nitrogens is 1. The molecule has 1 fully saturated rings. The molecular formula is C29H32FN3O. The third-order valence-corrected chi connectivity index (χ3v) is 7.36. The summed E-state index contributed by atoms with van der Waals surface area (Å²) < 4.78 is 13.8. The molecule has 0 spiro atoms. The van der Waals surface area contributed by atoms with Gasteiger partial charge in [0.15, 0.2) is 0 Å². The van der Waals surface area contributed by atoms with Crippen molar-refractivity contribution >= 4 is 28.9 Å². The average Bonchev–Trinajstić information content (AvgIpc) is 3.29. The highest BCUT2D eigenvalue weighted by molar-refractivity contribution is 6.34. The van der Waals surface area contributed by atoms with Gasteiger partial charge < -0.3 is 15.2 Å². The molecule has 0 radical (unpaired) electrons. The van der Waals surface area contributed by atoms with Crippen molar-refractivity contribution in [2.24, 2.45) is 5.92 Å². The number of carbonyl (C=O) groups excluding carboxylic acids is 1. The lowest BCUT2D eigenvalue weighted by Crippen LogP contribution is -2.33. The Labute approximate surface area is 200 Å². The van der Waals surface area contributed by atoms with Gasteiger partial charge in [0.25, 0.3) is 5.91 Å². The topological polar surface area (TPSA) is 48.1 Å². The Morgan fingerprint density at radius 3 is 2.53 bits per heavy atom. The zero-order valence-electron chi connectivity index (χ0n) is 20.2. The highest BCUT2D eigenvalue weighted by Gasteiger charge is 2.25. The van der Waals surface area contributed by atoms with Crippen LogP contribution in [0.25, 0.3) is 22.8 Å². The molecule has 0 atom stereocenters. The molecule has 3 heterocycles. The van der Waals surface area contributed by atoms with E-state index < -0.39 is 0 Å². The predicted octanol–water partition coefficient (Wildman–Crippen LogP) is 6.95. The van der Waals surface area contributed by atoms with Crippen molar-refractivity contribution in [2.75, 3.05) is 23.3 Å². The summed E-state index contributed by atoms with van der Waals surface area (Å²) in [4.78, 5) is 18.5. The van der Waals surface area contributed by atoms with Gasteiger partial charge in [-0.1, -0.05) is 31.9 Å². The molecule has 5 heteroatoms. The fraction of sp³-hybridized carbons (Fsp3) is 0.345. The maximum absolute atomic E-state index is 13.8. The number of carbonyl (C=O) groups is 1. The van der Waals surface area contributed by atoms with E-state index in [4.69, 9.17) is 0 Å². The van der Waals surface area contributed by atoms with Crippen molar-refractivity contribution in [1.82, 2.24) is 4.98 Å². The number of nitrogens with zero attached hydrogens (tertiary/aromatic N) is 1. The first-order valence-corrected chi connectivity index (χ1v) is 12.3. The molecular weight excluding hydrogens is 425 g/mol. The summed E-state index contributed by atoms with van der Waals surface area (Å²) in [6, 6.07) is 13.2. The van der Waals surface area contributed by atoms with Crippen LogP contribution in [0.4, 0.5) is 15.8 Å². The van der Waals surface area contributed by atoms with Crippen molar-refractivity contribution in [2.45, 2.75) is 46.5 Å². The van der Waals surface area contributed by atoms with Gasteiger partial charge in [0.05, 0.1) is 5.57 Å². The van der Waals surface area contributed by atoms with Crippen LogP contribution in [0.1, 0.15) is 55.1 Å². The van der Waals surface area contributed by atoms with Crippen LogP contribution in [0, 0.1) is 25.6 Å². The number of hydrogen-bond donors (Lipinski definition) is 2. The minimum absolute atomic E-state index is 0.208. The summed E-state index contributed by atoms with van der Waals surface area (Å²) in [7, 11) is 0. The highest BCUT2D eigenvalue weighted by atomic mass is 19.1. The van der Waals surface area contributed by atoms with Crippen LogP contribution in [0.3, 0.4) is 0 Å². The van der Waals surface area contributed by atoms with E-state index in [1.807, 2.05) is 6.08 Å². The zero-order valence-corrected chi connectivity index (χ0v) is 20.2. The lowest BCUT2D eigenvalue weighted by atomic mass is 9.92. The van der Waals surface area contributed by atoms with Gasteiger partial charge in [-0.15, -0.1) is 0 Å². The largest absolute Gasteiger partial charge is 0.372 e. The predicted molar refractivity (Wildman–Crippen MR) is 138 cm³/mol. The Kier molecular flexibility index (Phi) is 6.03. The first kappa shape index (κ1) is 22.5. The van der Waals surface area contributed by atoms with Crippen molar-refractivity contribution in [1.29, 1.82) is 0 Å². The quantitative estimate of drug-likeness (QED) is 0.407. The number of anilines is 2. The van der Waals surface area contributed by atoms with Crippen LogP contribution in [0.2, 0.25) is 0 Å². The van der Waals surface area contributed by atoms with E-state index in [2.05, 4.69) is 60.2 Å². The molecule has 1 amide bonds. The van der Waals surface area contributed by atoms with Gasteiger partial charge in [0, 0.05) is 47.0 Å². The minimum atomic E-state index is -0.351. The molecule has 2 N–H and O–H groups in total. The first-order valence-electron chi connectivity index (χ1n) is 12.3. The number of halogens is 1. The van der Waals surface area contributed by atoms with Crippen molar-refractivity contribution < 1.29 is 9.18 Å². The number of fused-ring (bicyclic) bond motifs is 1. The van der Waals surface area contributed by atoms with Crippen LogP contribution < -0.4 is 10.2 Å². The summed E-state index contributed by atoms with van der Waals surface area (Å²) in [6.45, 7) is 8.66. The summed E-state index contributed by atoms with van der Waals surface area (Å²) in [6.07, 6.45) is 7.02. The van der Waals surface area contributed by atoms with E-state index in [0.717, 1.165) is 47.1 Å². The number of rotatable bonds is 5. The Hall–Kier alpha value is -3.34. The molecule has 1 saturated heterocycles. The normalized spacial score (nSPS) is 17.4. The molecule has 0 aliphatic carbocycles. The van der Waals surface area contributed by atoms with Crippen molar-refractivity contribution in [3.63, 3.8) is 0 Å². The SMILES string of the molecule is CCCC1CCN(c2ccc(-c3c(C)[nH]c(/C=C4/C(=O)Nc5ccc(F)cc54)c3C)cc2)CC1. The summed E-state index contributed by atoms with van der Waals surface area (Å²) in [5.41, 5.74) is 8.32. The second-order valence-corrected chi connectivity index (χ2v) is 9.63. The van der Waals surface area contributed by atoms with Crippen LogP contribution in [0.15, 0.2) is 42.5 Å². The Morgan fingerprint density at radius 1 is 1.09 bits per heavy atom. The van der Waals surface area contributed by atoms with Crippen LogP contribution in [-0.2, 0) is 4.79 Å². The first-order chi connectivity index (χ1) is 16.4. The monoisotopic (exact) mass is 457 g/mol. The molecule has 2 aliphatic heterocycles. The van der Waals surface area contributed by atoms with E-state index >= 15 is 0 Å². The molecule has 5 rings (SSSR count). The third-order valence-electron chi connectivity index (χ3n) is 7.36. The molecule has 2 aliphatic rings. The number of aromatic nitrogens is 1. The standard InChI is InChI=1S/C29H32FN3O/c1-4-5-20-12-14-33(15-13-20)23-9-6-21(7-10-23)28-18(2)27(31-19(28)3)17-25-24-16-22(30)8-11-26(24)32-29(25)34/h6-11,16-17,20,31H,4-5,12-15H2,1-3H3,(H,32,34)/b25-17+. The van der Waals surface area contributed by atoms with Gasteiger partial charge >= 0.3 is 0 Å². The van der Waals surface area contributed by atoms with Crippen LogP contribution in [0.5, 0.6) is 0 Å². The number of nitrogens with one attached hydrogen (secondary N) is 2. The Bertz CT molecular complexity index is 1250. The summed E-state index contributed by atoms with van der Waals surface area (Å²) in [5.74, 6) is 0.320. The van der Waals surface area contributed by atoms with E-state index in [1.54, 1.807) is 6.07 Å².